The Bertz CT molecular complexity index is 495. The molecule has 3 aliphatic heterocycles. The van der Waals surface area contributed by atoms with Gasteiger partial charge in [0.1, 0.15) is 5.82 Å². The van der Waals surface area contributed by atoms with E-state index < -0.39 is 0 Å². The van der Waals surface area contributed by atoms with Gasteiger partial charge in [0.15, 0.2) is 0 Å². The predicted octanol–water partition coefficient (Wildman–Crippen LogP) is 2.82. The quantitative estimate of drug-likeness (QED) is 0.920. The van der Waals surface area contributed by atoms with E-state index in [1.165, 1.54) is 95.7 Å². The molecule has 0 aliphatic carbocycles. The number of rotatable bonds is 3. The lowest BCUT2D eigenvalue weighted by Gasteiger charge is -2.36. The van der Waals surface area contributed by atoms with Crippen LogP contribution in [-0.2, 0) is 13.0 Å². The number of hydrogen-bond acceptors (Lipinski definition) is 3. The third kappa shape index (κ3) is 3.92. The summed E-state index contributed by atoms with van der Waals surface area (Å²) in [6.07, 6.45) is 11.5. The number of aryl methyl sites for hydroxylation is 1. The number of nitrogens with zero attached hydrogens (tertiary/aromatic N) is 3. The van der Waals surface area contributed by atoms with Crippen LogP contribution in [0.15, 0.2) is 6.20 Å². The van der Waals surface area contributed by atoms with Crippen molar-refractivity contribution in [1.29, 1.82) is 0 Å². The van der Waals surface area contributed by atoms with Crippen LogP contribution in [0.3, 0.4) is 0 Å². The standard InChI is InChI=1S/C18H30N4.ClH/c1-2-11-22-17(5-1)12-20-18(22)16-4-3-10-21(14-16)13-15-6-8-19-9-7-15;/h12,15-16,19H,1-11,13-14H2;1H. The minimum Gasteiger partial charge on any atom is -0.332 e. The fourth-order valence-electron chi connectivity index (χ4n) is 4.65. The zero-order valence-corrected chi connectivity index (χ0v) is 15.0. The van der Waals surface area contributed by atoms with Crippen molar-refractivity contribution in [2.45, 2.75) is 57.4 Å². The topological polar surface area (TPSA) is 33.1 Å². The molecule has 2 saturated heterocycles. The van der Waals surface area contributed by atoms with Gasteiger partial charge >= 0.3 is 0 Å². The van der Waals surface area contributed by atoms with E-state index in [0.29, 0.717) is 5.92 Å². The Morgan fingerprint density at radius 2 is 1.96 bits per heavy atom. The Balaban J connectivity index is 0.00000156. The number of hydrogen-bond donors (Lipinski definition) is 1. The van der Waals surface area contributed by atoms with Gasteiger partial charge in [0, 0.05) is 37.4 Å². The normalized spacial score (nSPS) is 26.5. The molecule has 23 heavy (non-hydrogen) atoms. The Morgan fingerprint density at radius 3 is 2.83 bits per heavy atom. The van der Waals surface area contributed by atoms with Crippen LogP contribution >= 0.6 is 12.4 Å². The van der Waals surface area contributed by atoms with Crippen molar-refractivity contribution in [1.82, 2.24) is 19.8 Å². The summed E-state index contributed by atoms with van der Waals surface area (Å²) in [7, 11) is 0. The van der Waals surface area contributed by atoms with Gasteiger partial charge in [-0.3, -0.25) is 0 Å². The van der Waals surface area contributed by atoms with Crippen molar-refractivity contribution < 1.29 is 0 Å². The predicted molar refractivity (Wildman–Crippen MR) is 96.4 cm³/mol. The molecule has 0 spiro atoms. The third-order valence-electron chi connectivity index (χ3n) is 5.88. The Kier molecular flexibility index (Phi) is 6.00. The SMILES string of the molecule is Cl.c1nc(C2CCCN(CC3CCNCC3)C2)n2c1CCCC2. The number of nitrogens with one attached hydrogen (secondary N) is 1. The first-order chi connectivity index (χ1) is 10.9. The van der Waals surface area contributed by atoms with Crippen molar-refractivity contribution in [2.75, 3.05) is 32.7 Å². The highest BCUT2D eigenvalue weighted by Gasteiger charge is 2.28. The molecular formula is C18H31ClN4. The number of piperidine rings is 2. The number of fused-ring (bicyclic) bond motifs is 1. The zero-order valence-electron chi connectivity index (χ0n) is 14.2. The molecule has 1 atom stereocenters. The third-order valence-corrected chi connectivity index (χ3v) is 5.88. The van der Waals surface area contributed by atoms with Gasteiger partial charge < -0.3 is 14.8 Å². The van der Waals surface area contributed by atoms with Crippen molar-refractivity contribution in [3.05, 3.63) is 17.7 Å². The summed E-state index contributed by atoms with van der Waals surface area (Å²) in [5.74, 6) is 2.97. The minimum absolute atomic E-state index is 0. The molecule has 1 N–H and O–H groups in total. The van der Waals surface area contributed by atoms with Crippen LogP contribution in [-0.4, -0.2) is 47.2 Å². The summed E-state index contributed by atoms with van der Waals surface area (Å²) in [6, 6.07) is 0. The number of imidazole rings is 1. The minimum atomic E-state index is 0. The van der Waals surface area contributed by atoms with Crippen LogP contribution in [0.25, 0.3) is 0 Å². The highest BCUT2D eigenvalue weighted by Crippen LogP contribution is 2.30. The van der Waals surface area contributed by atoms with Crippen molar-refractivity contribution in [3.63, 3.8) is 0 Å². The Hall–Kier alpha value is -0.580. The van der Waals surface area contributed by atoms with Gasteiger partial charge in [-0.15, -0.1) is 12.4 Å². The molecule has 5 heteroatoms. The van der Waals surface area contributed by atoms with Crippen LogP contribution in [0.2, 0.25) is 0 Å². The molecule has 0 aromatic carbocycles. The van der Waals surface area contributed by atoms with Crippen LogP contribution in [0.1, 0.15) is 56.0 Å². The van der Waals surface area contributed by atoms with Crippen LogP contribution in [0.4, 0.5) is 0 Å². The van der Waals surface area contributed by atoms with Gasteiger partial charge in [0.05, 0.1) is 0 Å². The molecule has 3 aliphatic rings. The fourth-order valence-corrected chi connectivity index (χ4v) is 4.65. The molecule has 1 aromatic rings. The molecule has 130 valence electrons. The van der Waals surface area contributed by atoms with Gasteiger partial charge in [-0.2, -0.15) is 0 Å². The second-order valence-electron chi connectivity index (χ2n) is 7.51. The van der Waals surface area contributed by atoms with E-state index in [1.807, 2.05) is 0 Å². The molecule has 4 nitrogen and oxygen atoms in total. The molecule has 1 aromatic heterocycles. The maximum Gasteiger partial charge on any atom is 0.113 e. The maximum absolute atomic E-state index is 4.83. The van der Waals surface area contributed by atoms with Crippen LogP contribution in [0.5, 0.6) is 0 Å². The van der Waals surface area contributed by atoms with E-state index in [0.717, 1.165) is 5.92 Å². The second kappa shape index (κ2) is 8.00. The van der Waals surface area contributed by atoms with Gasteiger partial charge in [0.25, 0.3) is 0 Å². The van der Waals surface area contributed by atoms with Crippen molar-refractivity contribution in [2.24, 2.45) is 5.92 Å². The van der Waals surface area contributed by atoms with E-state index in [4.69, 9.17) is 4.98 Å². The molecule has 2 fully saturated rings. The fraction of sp³-hybridized carbons (Fsp3) is 0.833. The van der Waals surface area contributed by atoms with E-state index in [2.05, 4.69) is 21.0 Å². The molecule has 0 bridgehead atoms. The number of likely N-dealkylation sites (tertiary alicyclic amines) is 1. The summed E-state index contributed by atoms with van der Waals surface area (Å²) < 4.78 is 2.54. The first-order valence-corrected chi connectivity index (χ1v) is 9.37. The molecular weight excluding hydrogens is 308 g/mol. The lowest BCUT2D eigenvalue weighted by Crippen LogP contribution is -2.41. The van der Waals surface area contributed by atoms with Gasteiger partial charge in [-0.25, -0.2) is 4.98 Å². The van der Waals surface area contributed by atoms with Gasteiger partial charge in [0.2, 0.25) is 0 Å². The monoisotopic (exact) mass is 338 g/mol. The van der Waals surface area contributed by atoms with E-state index in [1.54, 1.807) is 0 Å². The largest absolute Gasteiger partial charge is 0.332 e. The number of aromatic nitrogens is 2. The Labute approximate surface area is 146 Å². The number of halogens is 1. The molecule has 4 heterocycles. The van der Waals surface area contributed by atoms with Crippen LogP contribution in [0, 0.1) is 5.92 Å². The Morgan fingerprint density at radius 1 is 1.09 bits per heavy atom. The van der Waals surface area contributed by atoms with Crippen molar-refractivity contribution >= 4 is 12.4 Å². The molecule has 0 radical (unpaired) electrons. The van der Waals surface area contributed by atoms with E-state index >= 15 is 0 Å². The summed E-state index contributed by atoms with van der Waals surface area (Å²) in [4.78, 5) is 7.56. The average molecular weight is 339 g/mol. The highest BCUT2D eigenvalue weighted by molar-refractivity contribution is 5.85. The van der Waals surface area contributed by atoms with E-state index in [9.17, 15) is 0 Å². The summed E-state index contributed by atoms with van der Waals surface area (Å²) in [6.45, 7) is 7.49. The molecule has 0 amide bonds. The van der Waals surface area contributed by atoms with Gasteiger partial charge in [-0.1, -0.05) is 0 Å². The molecule has 4 rings (SSSR count). The summed E-state index contributed by atoms with van der Waals surface area (Å²) in [5, 5.41) is 3.49. The molecule has 1 unspecified atom stereocenters. The van der Waals surface area contributed by atoms with Gasteiger partial charge in [-0.05, 0) is 70.5 Å². The van der Waals surface area contributed by atoms with Crippen molar-refractivity contribution in [3.8, 4) is 0 Å². The average Bonchev–Trinajstić information content (AvgIpc) is 3.00. The molecule has 0 saturated carbocycles. The highest BCUT2D eigenvalue weighted by atomic mass is 35.5. The maximum atomic E-state index is 4.83. The smallest absolute Gasteiger partial charge is 0.113 e. The summed E-state index contributed by atoms with van der Waals surface area (Å²) in [5.41, 5.74) is 1.48. The van der Waals surface area contributed by atoms with Crippen LogP contribution < -0.4 is 5.32 Å². The first-order valence-electron chi connectivity index (χ1n) is 9.37. The zero-order chi connectivity index (χ0) is 14.8. The summed E-state index contributed by atoms with van der Waals surface area (Å²) >= 11 is 0. The van der Waals surface area contributed by atoms with E-state index in [-0.39, 0.29) is 12.4 Å². The lowest BCUT2D eigenvalue weighted by molar-refractivity contribution is 0.160. The lowest BCUT2D eigenvalue weighted by atomic mass is 9.93. The first kappa shape index (κ1) is 17.2. The second-order valence-corrected chi connectivity index (χ2v) is 7.51.